The molecule has 0 amide bonds. The largest absolute Gasteiger partial charge is 0.756 e. The van der Waals surface area contributed by atoms with Crippen LogP contribution in [0.25, 0.3) is 0 Å². The summed E-state index contributed by atoms with van der Waals surface area (Å²) >= 11 is 0. The van der Waals surface area contributed by atoms with Gasteiger partial charge in [-0.25, -0.2) is 4.79 Å². The van der Waals surface area contributed by atoms with Gasteiger partial charge in [-0.1, -0.05) is 0 Å². The van der Waals surface area contributed by atoms with E-state index in [1.54, 1.807) is 0 Å². The molecule has 1 aliphatic heterocycles. The molecule has 142 valence electrons. The fraction of sp³-hybridized carbons (Fsp3) is 0.692. The Morgan fingerprint density at radius 2 is 2.20 bits per heavy atom. The highest BCUT2D eigenvalue weighted by Crippen LogP contribution is 2.35. The van der Waals surface area contributed by atoms with Crippen LogP contribution in [0.1, 0.15) is 18.2 Å². The SMILES string of the molecule is COCCO[C@H]1C[C@@H](COP(=O)([O-])O)O[C@H]1n1cc(C)c(=O)[nH]c1=O. The van der Waals surface area contributed by atoms with Crippen LogP contribution < -0.4 is 16.1 Å². The summed E-state index contributed by atoms with van der Waals surface area (Å²) in [7, 11) is -3.38. The fourth-order valence-electron chi connectivity index (χ4n) is 2.45. The van der Waals surface area contributed by atoms with Gasteiger partial charge in [-0.05, 0) is 6.92 Å². The number of aryl methyl sites for hydroxylation is 1. The van der Waals surface area contributed by atoms with Crippen molar-refractivity contribution >= 4 is 7.82 Å². The van der Waals surface area contributed by atoms with E-state index >= 15 is 0 Å². The molecule has 4 atom stereocenters. The van der Waals surface area contributed by atoms with E-state index < -0.39 is 44.1 Å². The molecule has 1 aromatic heterocycles. The standard InChI is InChI=1S/C13H21N2O9P/c1-8-6-15(13(17)14-11(8)16)12-10(22-4-3-21-2)5-9(24-12)7-23-25(18,19)20/h6,9-10,12H,3-5,7H2,1-2H3,(H,14,16,17)(H2,18,19,20)/p-1/t9-,10-,12+/m0/s1. The Labute approximate surface area is 142 Å². The first-order valence-electron chi connectivity index (χ1n) is 7.47. The second-order valence-electron chi connectivity index (χ2n) is 5.53. The van der Waals surface area contributed by atoms with Crippen LogP contribution in [0.15, 0.2) is 15.8 Å². The number of H-pyrrole nitrogens is 1. The van der Waals surface area contributed by atoms with Crippen LogP contribution in [-0.4, -0.2) is 53.6 Å². The zero-order chi connectivity index (χ0) is 18.6. The predicted octanol–water partition coefficient (Wildman–Crippen LogP) is -1.36. The third-order valence-corrected chi connectivity index (χ3v) is 4.08. The van der Waals surface area contributed by atoms with E-state index in [2.05, 4.69) is 9.51 Å². The normalized spacial score (nSPS) is 25.8. The van der Waals surface area contributed by atoms with Gasteiger partial charge in [0.05, 0.1) is 25.9 Å². The van der Waals surface area contributed by atoms with Gasteiger partial charge in [0.1, 0.15) is 6.10 Å². The lowest BCUT2D eigenvalue weighted by Gasteiger charge is -2.21. The molecular weight excluding hydrogens is 359 g/mol. The molecular formula is C13H20N2O9P-. The number of phosphoric acid groups is 1. The summed E-state index contributed by atoms with van der Waals surface area (Å²) in [6.45, 7) is 1.65. The molecule has 0 saturated carbocycles. The lowest BCUT2D eigenvalue weighted by molar-refractivity contribution is -0.222. The first kappa shape index (κ1) is 20.0. The van der Waals surface area contributed by atoms with Crippen molar-refractivity contribution in [3.63, 3.8) is 0 Å². The highest BCUT2D eigenvalue weighted by Gasteiger charge is 2.38. The van der Waals surface area contributed by atoms with Crippen LogP contribution >= 0.6 is 7.82 Å². The highest BCUT2D eigenvalue weighted by molar-refractivity contribution is 7.44. The molecule has 0 aliphatic carbocycles. The van der Waals surface area contributed by atoms with E-state index in [4.69, 9.17) is 19.1 Å². The van der Waals surface area contributed by atoms with Crippen molar-refractivity contribution in [1.29, 1.82) is 0 Å². The molecule has 12 heteroatoms. The zero-order valence-electron chi connectivity index (χ0n) is 13.7. The summed E-state index contributed by atoms with van der Waals surface area (Å²) in [5, 5.41) is 0. The maximum Gasteiger partial charge on any atom is 0.330 e. The van der Waals surface area contributed by atoms with E-state index in [0.717, 1.165) is 0 Å². The van der Waals surface area contributed by atoms with Gasteiger partial charge in [0.2, 0.25) is 0 Å². The second-order valence-corrected chi connectivity index (χ2v) is 6.72. The van der Waals surface area contributed by atoms with Gasteiger partial charge in [-0.3, -0.25) is 18.9 Å². The molecule has 0 aromatic carbocycles. The molecule has 1 saturated heterocycles. The zero-order valence-corrected chi connectivity index (χ0v) is 14.6. The van der Waals surface area contributed by atoms with Crippen molar-refractivity contribution in [2.45, 2.75) is 31.8 Å². The molecule has 1 aromatic rings. The van der Waals surface area contributed by atoms with Crippen LogP contribution in [0.2, 0.25) is 0 Å². The number of phosphoric ester groups is 1. The number of ether oxygens (including phenoxy) is 3. The number of nitrogens with zero attached hydrogens (tertiary/aromatic N) is 1. The average Bonchev–Trinajstić information content (AvgIpc) is 2.92. The van der Waals surface area contributed by atoms with Crippen LogP contribution in [0.3, 0.4) is 0 Å². The van der Waals surface area contributed by atoms with Crippen molar-refractivity contribution in [3.8, 4) is 0 Å². The molecule has 1 fully saturated rings. The number of methoxy groups -OCH3 is 1. The van der Waals surface area contributed by atoms with Crippen molar-refractivity contribution in [1.82, 2.24) is 9.55 Å². The lowest BCUT2D eigenvalue weighted by Crippen LogP contribution is -2.37. The Morgan fingerprint density at radius 3 is 2.84 bits per heavy atom. The number of aromatic nitrogens is 2. The third kappa shape index (κ3) is 5.58. The number of rotatable bonds is 8. The highest BCUT2D eigenvalue weighted by atomic mass is 31.2. The smallest absolute Gasteiger partial charge is 0.330 e. The van der Waals surface area contributed by atoms with Gasteiger partial charge in [0, 0.05) is 25.3 Å². The van der Waals surface area contributed by atoms with Crippen LogP contribution in [0.4, 0.5) is 0 Å². The van der Waals surface area contributed by atoms with Crippen LogP contribution in [0.5, 0.6) is 0 Å². The van der Waals surface area contributed by atoms with E-state index in [-0.39, 0.29) is 13.0 Å². The van der Waals surface area contributed by atoms with Gasteiger partial charge < -0.3 is 28.5 Å². The van der Waals surface area contributed by atoms with Crippen molar-refractivity contribution in [3.05, 3.63) is 32.6 Å². The van der Waals surface area contributed by atoms with E-state index in [0.29, 0.717) is 12.2 Å². The van der Waals surface area contributed by atoms with Gasteiger partial charge in [-0.2, -0.15) is 0 Å². The number of hydrogen-bond donors (Lipinski definition) is 2. The van der Waals surface area contributed by atoms with E-state index in [1.807, 2.05) is 0 Å². The molecule has 0 bridgehead atoms. The van der Waals surface area contributed by atoms with Crippen LogP contribution in [-0.2, 0) is 23.3 Å². The molecule has 2 rings (SSSR count). The van der Waals surface area contributed by atoms with Gasteiger partial charge >= 0.3 is 5.69 Å². The van der Waals surface area contributed by atoms with E-state index in [1.165, 1.54) is 24.8 Å². The maximum atomic E-state index is 12.1. The minimum Gasteiger partial charge on any atom is -0.756 e. The summed E-state index contributed by atoms with van der Waals surface area (Å²) in [6, 6.07) is 0. The molecule has 1 aliphatic rings. The average molecular weight is 379 g/mol. The number of nitrogens with one attached hydrogen (secondary N) is 1. The Balaban J connectivity index is 2.19. The number of aromatic amines is 1. The number of hydrogen-bond acceptors (Lipinski definition) is 8. The quantitative estimate of drug-likeness (QED) is 0.412. The summed E-state index contributed by atoms with van der Waals surface area (Å²) < 4.78 is 32.4. The molecule has 2 heterocycles. The first-order chi connectivity index (χ1) is 11.7. The Bertz CT molecular complexity index is 740. The summed E-state index contributed by atoms with van der Waals surface area (Å²) in [5.41, 5.74) is -0.888. The fourth-order valence-corrected chi connectivity index (χ4v) is 2.81. The lowest BCUT2D eigenvalue weighted by atomic mass is 10.2. The first-order valence-corrected chi connectivity index (χ1v) is 8.97. The Hall–Kier alpha value is -1.33. The molecule has 11 nitrogen and oxygen atoms in total. The molecule has 25 heavy (non-hydrogen) atoms. The Kier molecular flexibility index (Phi) is 6.69. The van der Waals surface area contributed by atoms with Crippen molar-refractivity contribution in [2.24, 2.45) is 0 Å². The summed E-state index contributed by atoms with van der Waals surface area (Å²) in [6.07, 6.45) is -0.661. The molecule has 0 radical (unpaired) electrons. The van der Waals surface area contributed by atoms with Gasteiger partial charge in [-0.15, -0.1) is 0 Å². The third-order valence-electron chi connectivity index (χ3n) is 3.61. The minimum atomic E-state index is -4.89. The minimum absolute atomic E-state index is 0.221. The predicted molar refractivity (Wildman–Crippen MR) is 82.0 cm³/mol. The van der Waals surface area contributed by atoms with Crippen molar-refractivity contribution < 1.29 is 33.1 Å². The maximum absolute atomic E-state index is 12.1. The summed E-state index contributed by atoms with van der Waals surface area (Å²) in [4.78, 5) is 45.2. The van der Waals surface area contributed by atoms with E-state index in [9.17, 15) is 19.0 Å². The molecule has 1 unspecified atom stereocenters. The topological polar surface area (TPSA) is 152 Å². The second kappa shape index (κ2) is 8.37. The van der Waals surface area contributed by atoms with Gasteiger partial charge in [0.25, 0.3) is 13.4 Å². The Morgan fingerprint density at radius 1 is 1.48 bits per heavy atom. The van der Waals surface area contributed by atoms with Crippen molar-refractivity contribution in [2.75, 3.05) is 26.9 Å². The molecule has 2 N–H and O–H groups in total. The van der Waals surface area contributed by atoms with Gasteiger partial charge in [0.15, 0.2) is 6.23 Å². The molecule has 0 spiro atoms. The van der Waals surface area contributed by atoms with Crippen LogP contribution in [0, 0.1) is 6.92 Å². The summed E-state index contributed by atoms with van der Waals surface area (Å²) in [5.74, 6) is 0. The monoisotopic (exact) mass is 379 g/mol.